The van der Waals surface area contributed by atoms with Gasteiger partial charge in [-0.05, 0) is 77.0 Å². The van der Waals surface area contributed by atoms with E-state index >= 15 is 0 Å². The summed E-state index contributed by atoms with van der Waals surface area (Å²) in [6.07, 6.45) is 73.5. The van der Waals surface area contributed by atoms with Crippen LogP contribution >= 0.6 is 0 Å². The highest BCUT2D eigenvalue weighted by molar-refractivity contribution is 5.71. The van der Waals surface area contributed by atoms with E-state index in [0.29, 0.717) is 19.3 Å². The molecule has 0 fully saturated rings. The Kier molecular flexibility index (Phi) is 54.8. The second-order valence-electron chi connectivity index (χ2n) is 19.5. The van der Waals surface area contributed by atoms with Gasteiger partial charge in [0.15, 0.2) is 6.10 Å². The second-order valence-corrected chi connectivity index (χ2v) is 19.5. The van der Waals surface area contributed by atoms with Gasteiger partial charge in [-0.15, -0.1) is 0 Å². The van der Waals surface area contributed by atoms with Gasteiger partial charge in [-0.1, -0.05) is 267 Å². The fourth-order valence-corrected chi connectivity index (χ4v) is 8.28. The molecule has 0 aliphatic heterocycles. The van der Waals surface area contributed by atoms with E-state index < -0.39 is 6.10 Å². The van der Waals surface area contributed by atoms with Gasteiger partial charge in [0.05, 0.1) is 0 Å². The molecule has 0 rings (SSSR count). The van der Waals surface area contributed by atoms with Gasteiger partial charge in [0.2, 0.25) is 0 Å². The Hall–Kier alpha value is -3.15. The SMILES string of the molecule is CC/C=C\C/C=C\C/C=C\C/C=C\C/C=C\CCCC(=O)OC(COC(=O)CCCCCCC/C=C\CCCC)COC(=O)CCCCCCCCCCCCCCCCCCCCCCCCC. The van der Waals surface area contributed by atoms with Crippen molar-refractivity contribution in [3.8, 4) is 0 Å². The Morgan fingerprint density at radius 2 is 0.594 bits per heavy atom. The van der Waals surface area contributed by atoms with Crippen molar-refractivity contribution < 1.29 is 28.6 Å². The zero-order valence-electron chi connectivity index (χ0n) is 45.6. The van der Waals surface area contributed by atoms with E-state index in [2.05, 4.69) is 93.7 Å². The van der Waals surface area contributed by atoms with Crippen LogP contribution in [0.15, 0.2) is 72.9 Å². The average molecular weight is 964 g/mol. The van der Waals surface area contributed by atoms with Gasteiger partial charge in [-0.3, -0.25) is 14.4 Å². The summed E-state index contributed by atoms with van der Waals surface area (Å²) in [5.74, 6) is -0.958. The standard InChI is InChI=1S/C63H110O6/c1-4-7-10-13-16-19-22-24-26-28-29-30-31-32-33-35-36-38-41-44-47-50-53-56-62(65)68-59-60(58-67-61(64)55-52-49-46-43-40-21-18-15-12-9-6-3)69-63(66)57-54-51-48-45-42-39-37-34-27-25-23-20-17-14-11-8-5-2/h8,11,15,17-18,20,25,27,37,39,45,48,60H,4-7,9-10,12-14,16,19,21-24,26,28-36,38,40-44,46-47,49-59H2,1-3H3/b11-8-,18-15-,20-17-,27-25-,39-37-,48-45-. The van der Waals surface area contributed by atoms with Crippen LogP contribution < -0.4 is 0 Å². The van der Waals surface area contributed by atoms with Crippen LogP contribution in [0.4, 0.5) is 0 Å². The van der Waals surface area contributed by atoms with Crippen LogP contribution in [0.2, 0.25) is 0 Å². The Morgan fingerprint density at radius 3 is 0.986 bits per heavy atom. The van der Waals surface area contributed by atoms with Crippen molar-refractivity contribution in [3.63, 3.8) is 0 Å². The molecule has 0 N–H and O–H groups in total. The Balaban J connectivity index is 4.32. The molecule has 0 aromatic rings. The summed E-state index contributed by atoms with van der Waals surface area (Å²) in [5, 5.41) is 0. The highest BCUT2D eigenvalue weighted by Crippen LogP contribution is 2.17. The number of carbonyl (C=O) groups excluding carboxylic acids is 3. The number of unbranched alkanes of at least 4 members (excludes halogenated alkanes) is 30. The quantitative estimate of drug-likeness (QED) is 0.0262. The lowest BCUT2D eigenvalue weighted by atomic mass is 10.0. The lowest BCUT2D eigenvalue weighted by Crippen LogP contribution is -2.30. The molecule has 0 saturated heterocycles. The van der Waals surface area contributed by atoms with Crippen LogP contribution in [0.25, 0.3) is 0 Å². The Labute approximate surface area is 427 Å². The third kappa shape index (κ3) is 55.6. The number of hydrogen-bond donors (Lipinski definition) is 0. The normalized spacial score (nSPS) is 12.6. The number of rotatable bonds is 53. The monoisotopic (exact) mass is 963 g/mol. The number of hydrogen-bond acceptors (Lipinski definition) is 6. The lowest BCUT2D eigenvalue weighted by Gasteiger charge is -2.18. The van der Waals surface area contributed by atoms with E-state index in [9.17, 15) is 14.4 Å². The molecule has 0 heterocycles. The summed E-state index contributed by atoms with van der Waals surface area (Å²) >= 11 is 0. The summed E-state index contributed by atoms with van der Waals surface area (Å²) in [5.41, 5.74) is 0. The van der Waals surface area contributed by atoms with Crippen LogP contribution in [0, 0.1) is 0 Å². The third-order valence-electron chi connectivity index (χ3n) is 12.7. The highest BCUT2D eigenvalue weighted by Gasteiger charge is 2.19. The number of esters is 3. The molecule has 0 bridgehead atoms. The van der Waals surface area contributed by atoms with Gasteiger partial charge >= 0.3 is 17.9 Å². The molecule has 1 atom stereocenters. The summed E-state index contributed by atoms with van der Waals surface area (Å²) in [7, 11) is 0. The van der Waals surface area contributed by atoms with E-state index in [-0.39, 0.29) is 37.5 Å². The smallest absolute Gasteiger partial charge is 0.306 e. The van der Waals surface area contributed by atoms with Gasteiger partial charge in [0.1, 0.15) is 13.2 Å². The van der Waals surface area contributed by atoms with Gasteiger partial charge in [-0.2, -0.15) is 0 Å². The second kappa shape index (κ2) is 57.4. The molecule has 0 amide bonds. The first-order valence-electron chi connectivity index (χ1n) is 29.4. The van der Waals surface area contributed by atoms with Crippen LogP contribution in [0.3, 0.4) is 0 Å². The minimum Gasteiger partial charge on any atom is -0.462 e. The molecule has 0 radical (unpaired) electrons. The van der Waals surface area contributed by atoms with Gasteiger partial charge < -0.3 is 14.2 Å². The van der Waals surface area contributed by atoms with Crippen molar-refractivity contribution in [2.24, 2.45) is 0 Å². The summed E-state index contributed by atoms with van der Waals surface area (Å²) in [6.45, 7) is 6.46. The van der Waals surface area contributed by atoms with Crippen molar-refractivity contribution in [3.05, 3.63) is 72.9 Å². The van der Waals surface area contributed by atoms with Crippen molar-refractivity contribution in [2.75, 3.05) is 13.2 Å². The molecule has 69 heavy (non-hydrogen) atoms. The van der Waals surface area contributed by atoms with Crippen LogP contribution in [0.1, 0.15) is 290 Å². The van der Waals surface area contributed by atoms with Gasteiger partial charge in [0.25, 0.3) is 0 Å². The maximum absolute atomic E-state index is 12.8. The Morgan fingerprint density at radius 1 is 0.304 bits per heavy atom. The molecular formula is C63H110O6. The first-order valence-corrected chi connectivity index (χ1v) is 29.4. The van der Waals surface area contributed by atoms with E-state index in [1.165, 1.54) is 154 Å². The Bertz CT molecular complexity index is 1290. The fraction of sp³-hybridized carbons (Fsp3) is 0.762. The average Bonchev–Trinajstić information content (AvgIpc) is 3.35. The van der Waals surface area contributed by atoms with Crippen LogP contribution in [-0.2, 0) is 28.6 Å². The number of carbonyl (C=O) groups is 3. The molecule has 0 saturated carbocycles. The topological polar surface area (TPSA) is 78.9 Å². The largest absolute Gasteiger partial charge is 0.462 e. The van der Waals surface area contributed by atoms with Gasteiger partial charge in [0, 0.05) is 19.3 Å². The molecule has 0 aliphatic carbocycles. The molecule has 0 spiro atoms. The highest BCUT2D eigenvalue weighted by atomic mass is 16.6. The first-order chi connectivity index (χ1) is 34.0. The minimum absolute atomic E-state index is 0.0983. The molecule has 6 heteroatoms. The molecule has 1 unspecified atom stereocenters. The maximum atomic E-state index is 12.8. The predicted molar refractivity (Wildman–Crippen MR) is 298 cm³/mol. The minimum atomic E-state index is -0.807. The van der Waals surface area contributed by atoms with Gasteiger partial charge in [-0.25, -0.2) is 0 Å². The molecular weight excluding hydrogens is 853 g/mol. The van der Waals surface area contributed by atoms with Crippen LogP contribution in [-0.4, -0.2) is 37.2 Å². The summed E-state index contributed by atoms with van der Waals surface area (Å²) in [4.78, 5) is 38.1. The van der Waals surface area contributed by atoms with E-state index in [0.717, 1.165) is 89.9 Å². The number of ether oxygens (including phenoxy) is 3. The van der Waals surface area contributed by atoms with E-state index in [4.69, 9.17) is 14.2 Å². The van der Waals surface area contributed by atoms with Crippen molar-refractivity contribution in [1.29, 1.82) is 0 Å². The number of allylic oxidation sites excluding steroid dienone is 12. The molecule has 0 aliphatic rings. The predicted octanol–water partition coefficient (Wildman–Crippen LogP) is 19.8. The molecule has 398 valence electrons. The van der Waals surface area contributed by atoms with E-state index in [1.54, 1.807) is 0 Å². The summed E-state index contributed by atoms with van der Waals surface area (Å²) in [6, 6.07) is 0. The molecule has 6 nitrogen and oxygen atoms in total. The zero-order valence-corrected chi connectivity index (χ0v) is 45.6. The van der Waals surface area contributed by atoms with Crippen molar-refractivity contribution in [2.45, 2.75) is 297 Å². The molecule has 0 aromatic carbocycles. The van der Waals surface area contributed by atoms with Crippen molar-refractivity contribution in [1.82, 2.24) is 0 Å². The van der Waals surface area contributed by atoms with Crippen molar-refractivity contribution >= 4 is 17.9 Å². The zero-order chi connectivity index (χ0) is 50.0. The lowest BCUT2D eigenvalue weighted by molar-refractivity contribution is -0.167. The fourth-order valence-electron chi connectivity index (χ4n) is 8.28. The maximum Gasteiger partial charge on any atom is 0.306 e. The summed E-state index contributed by atoms with van der Waals surface area (Å²) < 4.78 is 16.8. The molecule has 0 aromatic heterocycles. The van der Waals surface area contributed by atoms with E-state index in [1.807, 2.05) is 0 Å². The van der Waals surface area contributed by atoms with Crippen LogP contribution in [0.5, 0.6) is 0 Å². The third-order valence-corrected chi connectivity index (χ3v) is 12.7. The first kappa shape index (κ1) is 65.8.